The Morgan fingerprint density at radius 1 is 1.45 bits per heavy atom. The summed E-state index contributed by atoms with van der Waals surface area (Å²) in [6, 6.07) is 2.71. The van der Waals surface area contributed by atoms with Crippen LogP contribution in [0.3, 0.4) is 0 Å². The fourth-order valence-corrected chi connectivity index (χ4v) is 3.07. The van der Waals surface area contributed by atoms with E-state index in [0.717, 1.165) is 0 Å². The number of carbonyl (C=O) groups is 1. The number of nitrogens with zero attached hydrogens (tertiary/aromatic N) is 2. The van der Waals surface area contributed by atoms with Crippen molar-refractivity contribution in [3.63, 3.8) is 0 Å². The lowest BCUT2D eigenvalue weighted by atomic mass is 10.1. The number of aromatic hydroxyl groups is 1. The van der Waals surface area contributed by atoms with E-state index < -0.39 is 22.4 Å². The second-order valence-electron chi connectivity index (χ2n) is 5.96. The van der Waals surface area contributed by atoms with Crippen molar-refractivity contribution in [3.8, 4) is 5.75 Å². The zero-order chi connectivity index (χ0) is 16.5. The molecule has 0 radical (unpaired) electrons. The molecule has 0 saturated heterocycles. The maximum absolute atomic E-state index is 12.2. The van der Waals surface area contributed by atoms with Crippen molar-refractivity contribution in [1.82, 2.24) is 4.90 Å². The molecule has 2 rings (SSSR count). The summed E-state index contributed by atoms with van der Waals surface area (Å²) in [5.41, 5.74) is -0.231. The topological polar surface area (TPSA) is 92.9 Å². The first-order valence-electron chi connectivity index (χ1n) is 6.78. The Bertz CT molecular complexity index is 612. The molecule has 1 aromatic rings. The van der Waals surface area contributed by atoms with Crippen LogP contribution >= 0.6 is 11.8 Å². The third-order valence-corrected chi connectivity index (χ3v) is 4.06. The van der Waals surface area contributed by atoms with E-state index in [4.69, 9.17) is 4.74 Å². The van der Waals surface area contributed by atoms with Crippen molar-refractivity contribution in [2.24, 2.45) is 0 Å². The van der Waals surface area contributed by atoms with Crippen LogP contribution in [0.5, 0.6) is 5.75 Å². The predicted molar refractivity (Wildman–Crippen MR) is 82.1 cm³/mol. The minimum atomic E-state index is -0.618. The van der Waals surface area contributed by atoms with E-state index in [2.05, 4.69) is 0 Å². The molecule has 1 heterocycles. The number of nitro groups is 1. The van der Waals surface area contributed by atoms with Crippen molar-refractivity contribution < 1.29 is 19.6 Å². The van der Waals surface area contributed by atoms with Crippen LogP contribution in [0.1, 0.15) is 26.3 Å². The van der Waals surface area contributed by atoms with E-state index >= 15 is 0 Å². The number of benzene rings is 1. The van der Waals surface area contributed by atoms with Gasteiger partial charge in [-0.2, -0.15) is 0 Å². The standard InChI is InChI=1S/C14H18N2O5S/c1-14(2,3)21-13(18)15-4-5-22-12-7-10(16(19)20)11(17)6-9(12)8-15/h6-7,17H,4-5,8H2,1-3H3. The zero-order valence-corrected chi connectivity index (χ0v) is 13.5. The maximum atomic E-state index is 12.2. The number of fused-ring (bicyclic) bond motifs is 1. The number of nitro benzene ring substituents is 1. The van der Waals surface area contributed by atoms with Gasteiger partial charge in [0.25, 0.3) is 0 Å². The van der Waals surface area contributed by atoms with Crippen LogP contribution in [-0.2, 0) is 11.3 Å². The molecule has 1 aliphatic heterocycles. The summed E-state index contributed by atoms with van der Waals surface area (Å²) in [7, 11) is 0. The normalized spacial score (nSPS) is 15.0. The van der Waals surface area contributed by atoms with Gasteiger partial charge in [-0.3, -0.25) is 10.1 Å². The van der Waals surface area contributed by atoms with Crippen molar-refractivity contribution in [3.05, 3.63) is 27.8 Å². The van der Waals surface area contributed by atoms with Crippen molar-refractivity contribution in [2.45, 2.75) is 37.8 Å². The zero-order valence-electron chi connectivity index (χ0n) is 12.7. The molecule has 0 saturated carbocycles. The third-order valence-electron chi connectivity index (χ3n) is 2.99. The van der Waals surface area contributed by atoms with Crippen LogP contribution in [0.25, 0.3) is 0 Å². The molecule has 1 aromatic carbocycles. The van der Waals surface area contributed by atoms with E-state index in [9.17, 15) is 20.0 Å². The maximum Gasteiger partial charge on any atom is 0.410 e. The number of amides is 1. The summed E-state index contributed by atoms with van der Waals surface area (Å²) >= 11 is 1.42. The minimum absolute atomic E-state index is 0.253. The number of thioether (sulfide) groups is 1. The number of carbonyl (C=O) groups excluding carboxylic acids is 1. The number of hydrogen-bond acceptors (Lipinski definition) is 6. The SMILES string of the molecule is CC(C)(C)OC(=O)N1CCSc2cc([N+](=O)[O-])c(O)cc2C1. The number of rotatable bonds is 1. The summed E-state index contributed by atoms with van der Waals surface area (Å²) in [4.78, 5) is 24.7. The average molecular weight is 326 g/mol. The highest BCUT2D eigenvalue weighted by Crippen LogP contribution is 2.36. The highest BCUT2D eigenvalue weighted by atomic mass is 32.2. The molecule has 120 valence electrons. The van der Waals surface area contributed by atoms with Gasteiger partial charge in [0.15, 0.2) is 5.75 Å². The molecule has 22 heavy (non-hydrogen) atoms. The molecule has 0 fully saturated rings. The monoisotopic (exact) mass is 326 g/mol. The molecule has 0 atom stereocenters. The quantitative estimate of drug-likeness (QED) is 0.629. The van der Waals surface area contributed by atoms with Gasteiger partial charge in [-0.15, -0.1) is 11.8 Å². The van der Waals surface area contributed by atoms with Crippen molar-refractivity contribution in [2.75, 3.05) is 12.3 Å². The summed E-state index contributed by atoms with van der Waals surface area (Å²) in [6.07, 6.45) is -0.432. The molecule has 7 nitrogen and oxygen atoms in total. The van der Waals surface area contributed by atoms with Crippen LogP contribution in [0.2, 0.25) is 0 Å². The van der Waals surface area contributed by atoms with E-state index in [1.165, 1.54) is 28.8 Å². The summed E-state index contributed by atoms with van der Waals surface area (Å²) in [5.74, 6) is 0.212. The highest BCUT2D eigenvalue weighted by Gasteiger charge is 2.27. The highest BCUT2D eigenvalue weighted by molar-refractivity contribution is 7.99. The number of phenols is 1. The minimum Gasteiger partial charge on any atom is -0.502 e. The smallest absolute Gasteiger partial charge is 0.410 e. The number of ether oxygens (including phenoxy) is 1. The van der Waals surface area contributed by atoms with E-state index in [-0.39, 0.29) is 12.2 Å². The number of phenolic OH excluding ortho intramolecular Hbond substituents is 1. The van der Waals surface area contributed by atoms with Gasteiger partial charge in [0.05, 0.1) is 11.5 Å². The van der Waals surface area contributed by atoms with Crippen LogP contribution in [-0.4, -0.2) is 38.9 Å². The first-order valence-corrected chi connectivity index (χ1v) is 7.77. The molecular weight excluding hydrogens is 308 g/mol. The van der Waals surface area contributed by atoms with Gasteiger partial charge >= 0.3 is 11.8 Å². The lowest BCUT2D eigenvalue weighted by molar-refractivity contribution is -0.386. The first kappa shape index (κ1) is 16.4. The van der Waals surface area contributed by atoms with Gasteiger partial charge in [0.1, 0.15) is 5.60 Å². The van der Waals surface area contributed by atoms with Crippen molar-refractivity contribution in [1.29, 1.82) is 0 Å². The second kappa shape index (κ2) is 6.04. The molecule has 0 spiro atoms. The Balaban J connectivity index is 2.25. The Morgan fingerprint density at radius 2 is 2.14 bits per heavy atom. The Labute approximate surface area is 132 Å². The van der Waals surface area contributed by atoms with Gasteiger partial charge in [-0.1, -0.05) is 0 Å². The second-order valence-corrected chi connectivity index (χ2v) is 7.09. The third kappa shape index (κ3) is 3.82. The van der Waals surface area contributed by atoms with E-state index in [1.54, 1.807) is 20.8 Å². The lowest BCUT2D eigenvalue weighted by Crippen LogP contribution is -2.37. The summed E-state index contributed by atoms with van der Waals surface area (Å²) in [5, 5.41) is 20.6. The van der Waals surface area contributed by atoms with Crippen molar-refractivity contribution >= 4 is 23.5 Å². The Hall–Kier alpha value is -1.96. The molecular formula is C14H18N2O5S. The van der Waals surface area contributed by atoms with Gasteiger partial charge < -0.3 is 14.7 Å². The molecule has 1 N–H and O–H groups in total. The lowest BCUT2D eigenvalue weighted by Gasteiger charge is -2.26. The van der Waals surface area contributed by atoms with E-state index in [0.29, 0.717) is 22.8 Å². The molecule has 8 heteroatoms. The van der Waals surface area contributed by atoms with Gasteiger partial charge in [0.2, 0.25) is 0 Å². The number of hydrogen-bond donors (Lipinski definition) is 1. The molecule has 0 aliphatic carbocycles. The Morgan fingerprint density at radius 3 is 2.73 bits per heavy atom. The average Bonchev–Trinajstić information content (AvgIpc) is 2.57. The Kier molecular flexibility index (Phi) is 4.50. The summed E-state index contributed by atoms with van der Waals surface area (Å²) < 4.78 is 5.35. The molecule has 0 aromatic heterocycles. The van der Waals surface area contributed by atoms with Gasteiger partial charge in [-0.25, -0.2) is 4.79 Å². The molecule has 1 amide bonds. The van der Waals surface area contributed by atoms with Crippen LogP contribution in [0.4, 0.5) is 10.5 Å². The van der Waals surface area contributed by atoms with Crippen LogP contribution < -0.4 is 0 Å². The van der Waals surface area contributed by atoms with Crippen LogP contribution in [0.15, 0.2) is 17.0 Å². The fraction of sp³-hybridized carbons (Fsp3) is 0.500. The van der Waals surface area contributed by atoms with Crippen LogP contribution in [0, 0.1) is 10.1 Å². The predicted octanol–water partition coefficient (Wildman–Crippen LogP) is 3.14. The van der Waals surface area contributed by atoms with Gasteiger partial charge in [0, 0.05) is 23.3 Å². The van der Waals surface area contributed by atoms with E-state index in [1.807, 2.05) is 0 Å². The largest absolute Gasteiger partial charge is 0.502 e. The fourth-order valence-electron chi connectivity index (χ4n) is 2.04. The molecule has 0 bridgehead atoms. The summed E-state index contributed by atoms with van der Waals surface area (Å²) in [6.45, 7) is 6.10. The van der Waals surface area contributed by atoms with Gasteiger partial charge in [-0.05, 0) is 32.4 Å². The first-order chi connectivity index (χ1) is 10.2. The molecule has 0 unspecified atom stereocenters. The molecule has 1 aliphatic rings.